The van der Waals surface area contributed by atoms with Crippen molar-refractivity contribution < 1.29 is 4.79 Å². The van der Waals surface area contributed by atoms with Gasteiger partial charge in [-0.15, -0.1) is 10.2 Å². The summed E-state index contributed by atoms with van der Waals surface area (Å²) in [5.74, 6) is 1.61. The molecule has 0 radical (unpaired) electrons. The molecular formula is C24H23N7O. The number of hydrogen-bond acceptors (Lipinski definition) is 5. The van der Waals surface area contributed by atoms with Gasteiger partial charge in [-0.25, -0.2) is 9.97 Å². The molecule has 0 unspecified atom stereocenters. The maximum absolute atomic E-state index is 13.1. The van der Waals surface area contributed by atoms with E-state index in [-0.39, 0.29) is 5.91 Å². The Hall–Kier alpha value is -3.81. The lowest BCUT2D eigenvalue weighted by Gasteiger charge is -2.12. The summed E-state index contributed by atoms with van der Waals surface area (Å²) in [7, 11) is 0. The Labute approximate surface area is 185 Å². The van der Waals surface area contributed by atoms with Gasteiger partial charge in [-0.3, -0.25) is 4.79 Å². The monoisotopic (exact) mass is 425 g/mol. The van der Waals surface area contributed by atoms with Crippen molar-refractivity contribution in [3.63, 3.8) is 0 Å². The second kappa shape index (κ2) is 7.40. The molecule has 1 N–H and O–H groups in total. The minimum absolute atomic E-state index is 0.194. The average Bonchev–Trinajstić information content (AvgIpc) is 3.74. The maximum Gasteiger partial charge on any atom is 0.257 e. The Balaban J connectivity index is 1.26. The third-order valence-electron chi connectivity index (χ3n) is 6.16. The fraction of sp³-hybridized carbons (Fsp3) is 0.292. The van der Waals surface area contributed by atoms with Crippen LogP contribution in [0.2, 0.25) is 0 Å². The number of hydrogen-bond donors (Lipinski definition) is 1. The number of aromatic nitrogens is 6. The highest BCUT2D eigenvalue weighted by atomic mass is 16.1. The summed E-state index contributed by atoms with van der Waals surface area (Å²) in [5.41, 5.74) is 4.28. The lowest BCUT2D eigenvalue weighted by atomic mass is 10.1. The van der Waals surface area contributed by atoms with Crippen LogP contribution in [0.3, 0.4) is 0 Å². The molecule has 0 atom stereocenters. The Morgan fingerprint density at radius 2 is 1.91 bits per heavy atom. The van der Waals surface area contributed by atoms with Gasteiger partial charge in [0, 0.05) is 23.7 Å². The van der Waals surface area contributed by atoms with E-state index in [4.69, 9.17) is 0 Å². The lowest BCUT2D eigenvalue weighted by molar-refractivity contribution is 0.102. The van der Waals surface area contributed by atoms with Gasteiger partial charge < -0.3 is 14.5 Å². The minimum Gasteiger partial charge on any atom is -0.309 e. The van der Waals surface area contributed by atoms with E-state index in [1.807, 2.05) is 48.1 Å². The molecule has 0 aliphatic heterocycles. The molecule has 0 bridgehead atoms. The van der Waals surface area contributed by atoms with Gasteiger partial charge in [0.1, 0.15) is 17.8 Å². The van der Waals surface area contributed by atoms with E-state index in [0.717, 1.165) is 35.6 Å². The van der Waals surface area contributed by atoms with Crippen LogP contribution < -0.4 is 5.32 Å². The summed E-state index contributed by atoms with van der Waals surface area (Å²) in [5, 5.41) is 11.2. The number of nitrogens with zero attached hydrogens (tertiary/aromatic N) is 6. The molecule has 4 aromatic rings. The Bertz CT molecular complexity index is 1310. The van der Waals surface area contributed by atoms with E-state index in [0.29, 0.717) is 29.0 Å². The van der Waals surface area contributed by atoms with Crippen molar-refractivity contribution in [2.45, 2.75) is 44.6 Å². The highest BCUT2D eigenvalue weighted by molar-refractivity contribution is 6.05. The van der Waals surface area contributed by atoms with Crippen LogP contribution in [-0.4, -0.2) is 35.2 Å². The quantitative estimate of drug-likeness (QED) is 0.497. The van der Waals surface area contributed by atoms with Crippen molar-refractivity contribution in [3.05, 3.63) is 72.1 Å². The van der Waals surface area contributed by atoms with Crippen LogP contribution in [0.25, 0.3) is 17.2 Å². The van der Waals surface area contributed by atoms with E-state index in [9.17, 15) is 4.79 Å². The highest BCUT2D eigenvalue weighted by Gasteiger charge is 2.27. The first-order valence-corrected chi connectivity index (χ1v) is 11.0. The second-order valence-electron chi connectivity index (χ2n) is 8.58. The summed E-state index contributed by atoms with van der Waals surface area (Å²) in [4.78, 5) is 22.3. The van der Waals surface area contributed by atoms with Crippen LogP contribution in [0.4, 0.5) is 5.82 Å². The van der Waals surface area contributed by atoms with Gasteiger partial charge in [0.15, 0.2) is 5.82 Å². The molecule has 8 heteroatoms. The molecule has 2 fully saturated rings. The van der Waals surface area contributed by atoms with Crippen molar-refractivity contribution in [2.24, 2.45) is 0 Å². The summed E-state index contributed by atoms with van der Waals surface area (Å²) in [6, 6.07) is 11.7. The minimum atomic E-state index is -0.194. The van der Waals surface area contributed by atoms with E-state index in [1.165, 1.54) is 12.8 Å². The molecule has 2 aliphatic rings. The zero-order valence-electron chi connectivity index (χ0n) is 17.8. The van der Waals surface area contributed by atoms with Crippen LogP contribution in [0.1, 0.15) is 59.3 Å². The number of rotatable bonds is 6. The molecule has 3 aromatic heterocycles. The number of carbonyl (C=O) groups is 1. The van der Waals surface area contributed by atoms with Crippen molar-refractivity contribution in [2.75, 3.05) is 5.32 Å². The highest BCUT2D eigenvalue weighted by Crippen LogP contribution is 2.39. The molecule has 8 nitrogen and oxygen atoms in total. The van der Waals surface area contributed by atoms with Gasteiger partial charge in [0.05, 0.1) is 17.7 Å². The third kappa shape index (κ3) is 3.47. The first-order valence-electron chi connectivity index (χ1n) is 11.0. The molecule has 1 aromatic carbocycles. The van der Waals surface area contributed by atoms with Crippen molar-refractivity contribution in [3.8, 4) is 17.2 Å². The largest absolute Gasteiger partial charge is 0.309 e. The van der Waals surface area contributed by atoms with Gasteiger partial charge in [0.2, 0.25) is 0 Å². The molecule has 2 saturated carbocycles. The predicted molar refractivity (Wildman–Crippen MR) is 120 cm³/mol. The number of imidazole rings is 1. The first-order chi connectivity index (χ1) is 15.7. The Morgan fingerprint density at radius 3 is 2.72 bits per heavy atom. The van der Waals surface area contributed by atoms with Gasteiger partial charge in [-0.2, -0.15) is 0 Å². The van der Waals surface area contributed by atoms with Crippen LogP contribution in [0.15, 0.2) is 55.2 Å². The molecule has 3 heterocycles. The van der Waals surface area contributed by atoms with Crippen LogP contribution >= 0.6 is 0 Å². The summed E-state index contributed by atoms with van der Waals surface area (Å²) in [6.07, 6.45) is 10.3. The number of anilines is 1. The molecule has 2 aliphatic carbocycles. The number of carbonyl (C=O) groups excluding carboxylic acids is 1. The van der Waals surface area contributed by atoms with Gasteiger partial charge in [0.25, 0.3) is 5.91 Å². The van der Waals surface area contributed by atoms with Crippen molar-refractivity contribution in [1.29, 1.82) is 0 Å². The average molecular weight is 425 g/mol. The molecule has 1 amide bonds. The van der Waals surface area contributed by atoms with Gasteiger partial charge in [-0.1, -0.05) is 12.1 Å². The Morgan fingerprint density at radius 1 is 1.06 bits per heavy atom. The lowest BCUT2D eigenvalue weighted by Crippen LogP contribution is -2.15. The van der Waals surface area contributed by atoms with Gasteiger partial charge in [-0.05, 0) is 62.4 Å². The maximum atomic E-state index is 13.1. The standard InChI is InChI=1S/C24H23N7O/c1-15-18(4-2-6-21(15)30-12-20(25-13-30)16-8-9-16)24(32)28-22-7-3-5-19(27-22)23-29-26-14-31(23)17-10-11-17/h2-7,12-14,16-17H,8-11H2,1H3,(H,27,28,32). The van der Waals surface area contributed by atoms with Crippen LogP contribution in [0.5, 0.6) is 0 Å². The van der Waals surface area contributed by atoms with E-state index in [2.05, 4.69) is 36.2 Å². The number of benzene rings is 1. The van der Waals surface area contributed by atoms with Crippen LogP contribution in [-0.2, 0) is 0 Å². The molecule has 6 rings (SSSR count). The van der Waals surface area contributed by atoms with Crippen LogP contribution in [0, 0.1) is 6.92 Å². The van der Waals surface area contributed by atoms with E-state index in [1.54, 1.807) is 12.4 Å². The van der Waals surface area contributed by atoms with E-state index < -0.39 is 0 Å². The first kappa shape index (κ1) is 18.9. The second-order valence-corrected chi connectivity index (χ2v) is 8.58. The fourth-order valence-corrected chi connectivity index (χ4v) is 4.07. The van der Waals surface area contributed by atoms with Crippen molar-refractivity contribution >= 4 is 11.7 Å². The molecule has 32 heavy (non-hydrogen) atoms. The zero-order chi connectivity index (χ0) is 21.7. The molecular weight excluding hydrogens is 402 g/mol. The molecule has 0 spiro atoms. The summed E-state index contributed by atoms with van der Waals surface area (Å²) >= 11 is 0. The summed E-state index contributed by atoms with van der Waals surface area (Å²) < 4.78 is 4.06. The van der Waals surface area contributed by atoms with Gasteiger partial charge >= 0.3 is 0 Å². The summed E-state index contributed by atoms with van der Waals surface area (Å²) in [6.45, 7) is 1.96. The molecule has 160 valence electrons. The third-order valence-corrected chi connectivity index (χ3v) is 6.16. The number of amides is 1. The number of nitrogens with one attached hydrogen (secondary N) is 1. The number of pyridine rings is 1. The van der Waals surface area contributed by atoms with E-state index >= 15 is 0 Å². The normalized spacial score (nSPS) is 15.7. The Kier molecular flexibility index (Phi) is 4.38. The predicted octanol–water partition coefficient (Wildman–Crippen LogP) is 4.30. The topological polar surface area (TPSA) is 90.5 Å². The SMILES string of the molecule is Cc1c(C(=O)Nc2cccc(-c3nncn3C3CC3)n2)cccc1-n1cnc(C2CC2)c1. The zero-order valence-corrected chi connectivity index (χ0v) is 17.8. The van der Waals surface area contributed by atoms with Crippen molar-refractivity contribution in [1.82, 2.24) is 29.3 Å². The fourth-order valence-electron chi connectivity index (χ4n) is 4.07. The molecule has 0 saturated heterocycles. The smallest absolute Gasteiger partial charge is 0.257 e.